The van der Waals surface area contributed by atoms with Crippen molar-refractivity contribution in [3.05, 3.63) is 188 Å². The molecular weight excluding hydrogens is 699 g/mol. The van der Waals surface area contributed by atoms with Gasteiger partial charge in [-0.2, -0.15) is 0 Å². The molecule has 0 radical (unpaired) electrons. The minimum absolute atomic E-state index is 0.598. The van der Waals surface area contributed by atoms with Crippen LogP contribution in [0.25, 0.3) is 111 Å². The monoisotopic (exact) mass is 729 g/mol. The molecule has 0 amide bonds. The molecule has 12 rings (SSSR count). The maximum absolute atomic E-state index is 6.70. The fourth-order valence-corrected chi connectivity index (χ4v) is 8.72. The number of para-hydroxylation sites is 3. The summed E-state index contributed by atoms with van der Waals surface area (Å²) in [6.07, 6.45) is 0. The summed E-state index contributed by atoms with van der Waals surface area (Å²) in [7, 11) is 0. The smallest absolute Gasteiger partial charge is 0.164 e. The van der Waals surface area contributed by atoms with Crippen molar-refractivity contribution in [2.75, 3.05) is 0 Å². The molecule has 0 saturated carbocycles. The second-order valence-electron chi connectivity index (χ2n) is 14.4. The number of furan rings is 1. The largest absolute Gasteiger partial charge is 0.456 e. The van der Waals surface area contributed by atoms with Gasteiger partial charge in [-0.25, -0.2) is 15.0 Å². The average molecular weight is 730 g/mol. The Bertz CT molecular complexity index is 3450. The van der Waals surface area contributed by atoms with E-state index in [2.05, 4.69) is 124 Å². The van der Waals surface area contributed by atoms with Gasteiger partial charge in [0.1, 0.15) is 11.2 Å². The molecule has 8 aromatic carbocycles. The van der Waals surface area contributed by atoms with E-state index >= 15 is 0 Å². The molecule has 57 heavy (non-hydrogen) atoms. The molecule has 4 aromatic heterocycles. The number of nitrogens with zero attached hydrogens (tertiary/aromatic N) is 5. The van der Waals surface area contributed by atoms with Crippen molar-refractivity contribution < 1.29 is 4.42 Å². The normalized spacial score (nSPS) is 11.9. The maximum Gasteiger partial charge on any atom is 0.164 e. The van der Waals surface area contributed by atoms with Gasteiger partial charge in [0.05, 0.1) is 22.1 Å². The Kier molecular flexibility index (Phi) is 6.83. The first-order valence-corrected chi connectivity index (χ1v) is 19.1. The van der Waals surface area contributed by atoms with Gasteiger partial charge in [-0.3, -0.25) is 0 Å². The van der Waals surface area contributed by atoms with E-state index in [1.54, 1.807) is 0 Å². The van der Waals surface area contributed by atoms with Crippen LogP contribution in [0.2, 0.25) is 0 Å². The van der Waals surface area contributed by atoms with Gasteiger partial charge >= 0.3 is 0 Å². The Balaban J connectivity index is 1.08. The first-order chi connectivity index (χ1) is 28.3. The summed E-state index contributed by atoms with van der Waals surface area (Å²) in [6, 6.07) is 65.4. The minimum atomic E-state index is 0.598. The second-order valence-corrected chi connectivity index (χ2v) is 14.4. The second kappa shape index (κ2) is 12.3. The topological polar surface area (TPSA) is 61.7 Å². The zero-order chi connectivity index (χ0) is 37.5. The van der Waals surface area contributed by atoms with Crippen molar-refractivity contribution in [1.82, 2.24) is 24.1 Å². The van der Waals surface area contributed by atoms with Crippen LogP contribution in [-0.4, -0.2) is 24.1 Å². The summed E-state index contributed by atoms with van der Waals surface area (Å²) in [5.41, 5.74) is 11.1. The Morgan fingerprint density at radius 3 is 1.47 bits per heavy atom. The van der Waals surface area contributed by atoms with Crippen LogP contribution in [0.15, 0.2) is 192 Å². The highest BCUT2D eigenvalue weighted by Crippen LogP contribution is 2.43. The Hall–Kier alpha value is -7.83. The van der Waals surface area contributed by atoms with Crippen molar-refractivity contribution in [2.45, 2.75) is 0 Å². The molecule has 0 atom stereocenters. The van der Waals surface area contributed by atoms with Crippen LogP contribution < -0.4 is 0 Å². The average Bonchev–Trinajstić information content (AvgIpc) is 3.94. The molecule has 12 aromatic rings. The molecule has 4 heterocycles. The summed E-state index contributed by atoms with van der Waals surface area (Å²) in [5.74, 6) is 1.85. The fourth-order valence-electron chi connectivity index (χ4n) is 8.72. The summed E-state index contributed by atoms with van der Waals surface area (Å²) < 4.78 is 11.5. The van der Waals surface area contributed by atoms with Crippen LogP contribution in [0.1, 0.15) is 0 Å². The van der Waals surface area contributed by atoms with E-state index in [9.17, 15) is 0 Å². The van der Waals surface area contributed by atoms with E-state index in [4.69, 9.17) is 19.4 Å². The highest BCUT2D eigenvalue weighted by atomic mass is 16.3. The van der Waals surface area contributed by atoms with Crippen LogP contribution in [0.4, 0.5) is 0 Å². The standard InChI is InChI=1S/C51H31N5O/c1-4-15-32(16-5-1)49-52-50(33-17-6-2-7-18-33)54-51(53-49)39-23-14-26-44-46(39)38-28-27-35(31-45(38)57-44)56-41-25-13-11-22-37(41)48-43(56)30-29-42-47(48)36-21-10-12-24-40(36)55(42)34-19-8-3-9-20-34/h1-31H. The third-order valence-electron chi connectivity index (χ3n) is 11.2. The lowest BCUT2D eigenvalue weighted by Crippen LogP contribution is -2.00. The third kappa shape index (κ3) is 4.81. The number of hydrogen-bond acceptors (Lipinski definition) is 4. The molecule has 0 aliphatic carbocycles. The molecule has 0 N–H and O–H groups in total. The summed E-state index contributed by atoms with van der Waals surface area (Å²) in [5, 5.41) is 6.90. The fraction of sp³-hybridized carbons (Fsp3) is 0. The first kappa shape index (κ1) is 31.5. The molecule has 0 bridgehead atoms. The van der Waals surface area contributed by atoms with E-state index in [0.29, 0.717) is 17.5 Å². The molecule has 0 fully saturated rings. The highest BCUT2D eigenvalue weighted by Gasteiger charge is 2.22. The van der Waals surface area contributed by atoms with E-state index in [-0.39, 0.29) is 0 Å². The third-order valence-corrected chi connectivity index (χ3v) is 11.2. The number of fused-ring (bicyclic) bond motifs is 10. The molecule has 6 heteroatoms. The van der Waals surface area contributed by atoms with Crippen LogP contribution >= 0.6 is 0 Å². The van der Waals surface area contributed by atoms with Crippen molar-refractivity contribution in [3.8, 4) is 45.5 Å². The van der Waals surface area contributed by atoms with Gasteiger partial charge in [-0.15, -0.1) is 0 Å². The molecule has 0 aliphatic rings. The van der Waals surface area contributed by atoms with Gasteiger partial charge in [-0.05, 0) is 54.6 Å². The Morgan fingerprint density at radius 1 is 0.333 bits per heavy atom. The number of aromatic nitrogens is 5. The first-order valence-electron chi connectivity index (χ1n) is 19.1. The molecule has 0 spiro atoms. The molecular formula is C51H31N5O. The van der Waals surface area contributed by atoms with E-state index in [1.165, 1.54) is 32.6 Å². The summed E-state index contributed by atoms with van der Waals surface area (Å²) in [6.45, 7) is 0. The quantitative estimate of drug-likeness (QED) is 0.177. The molecule has 0 unspecified atom stereocenters. The predicted molar refractivity (Wildman–Crippen MR) is 232 cm³/mol. The SMILES string of the molecule is c1ccc(-c2nc(-c3ccccc3)nc(-c3cccc4oc5cc(-n6c7ccccc7c7c8c9ccccc9n(-c9ccccc9)c8ccc76)ccc5c34)n2)cc1. The van der Waals surface area contributed by atoms with Gasteiger partial charge < -0.3 is 13.6 Å². The van der Waals surface area contributed by atoms with Crippen LogP contribution in [0.3, 0.4) is 0 Å². The van der Waals surface area contributed by atoms with E-state index in [0.717, 1.165) is 61.0 Å². The lowest BCUT2D eigenvalue weighted by molar-refractivity contribution is 0.668. The van der Waals surface area contributed by atoms with Crippen LogP contribution in [0, 0.1) is 0 Å². The zero-order valence-corrected chi connectivity index (χ0v) is 30.5. The van der Waals surface area contributed by atoms with Gasteiger partial charge in [-0.1, -0.05) is 127 Å². The Labute approximate surface area is 326 Å². The van der Waals surface area contributed by atoms with Crippen molar-refractivity contribution in [3.63, 3.8) is 0 Å². The van der Waals surface area contributed by atoms with Crippen LogP contribution in [0.5, 0.6) is 0 Å². The molecule has 266 valence electrons. The van der Waals surface area contributed by atoms with Crippen molar-refractivity contribution in [1.29, 1.82) is 0 Å². The minimum Gasteiger partial charge on any atom is -0.456 e. The lowest BCUT2D eigenvalue weighted by Gasteiger charge is -2.10. The van der Waals surface area contributed by atoms with Crippen molar-refractivity contribution >= 4 is 65.6 Å². The van der Waals surface area contributed by atoms with E-state index < -0.39 is 0 Å². The molecule has 0 aliphatic heterocycles. The van der Waals surface area contributed by atoms with Crippen molar-refractivity contribution in [2.24, 2.45) is 0 Å². The van der Waals surface area contributed by atoms with Crippen LogP contribution in [-0.2, 0) is 0 Å². The van der Waals surface area contributed by atoms with Gasteiger partial charge in [0, 0.05) is 66.4 Å². The summed E-state index contributed by atoms with van der Waals surface area (Å²) >= 11 is 0. The number of rotatable bonds is 5. The van der Waals surface area contributed by atoms with Gasteiger partial charge in [0.2, 0.25) is 0 Å². The van der Waals surface area contributed by atoms with E-state index in [1.807, 2.05) is 72.8 Å². The molecule has 0 saturated heterocycles. The number of hydrogen-bond donors (Lipinski definition) is 0. The Morgan fingerprint density at radius 2 is 0.860 bits per heavy atom. The number of benzene rings is 8. The zero-order valence-electron chi connectivity index (χ0n) is 30.5. The predicted octanol–water partition coefficient (Wildman–Crippen LogP) is 13.0. The molecule has 6 nitrogen and oxygen atoms in total. The van der Waals surface area contributed by atoms with Gasteiger partial charge in [0.25, 0.3) is 0 Å². The maximum atomic E-state index is 6.70. The summed E-state index contributed by atoms with van der Waals surface area (Å²) in [4.78, 5) is 15.0. The highest BCUT2D eigenvalue weighted by molar-refractivity contribution is 6.29. The lowest BCUT2D eigenvalue weighted by atomic mass is 10.0. The van der Waals surface area contributed by atoms with Gasteiger partial charge in [0.15, 0.2) is 17.5 Å².